The van der Waals surface area contributed by atoms with Crippen LogP contribution in [0, 0.1) is 5.82 Å². The molecule has 1 N–H and O–H groups in total. The summed E-state index contributed by atoms with van der Waals surface area (Å²) in [6.45, 7) is 5.99. The highest BCUT2D eigenvalue weighted by Gasteiger charge is 2.21. The van der Waals surface area contributed by atoms with Crippen LogP contribution in [0.5, 0.6) is 0 Å². The van der Waals surface area contributed by atoms with Gasteiger partial charge in [-0.05, 0) is 18.6 Å². The van der Waals surface area contributed by atoms with Gasteiger partial charge in [-0.25, -0.2) is 4.39 Å². The molecular weight excluding hydrogens is 307 g/mol. The minimum Gasteiger partial charge on any atom is -0.369 e. The summed E-state index contributed by atoms with van der Waals surface area (Å²) in [6, 6.07) is 6.90. The lowest BCUT2D eigenvalue weighted by Crippen LogP contribution is -2.47. The van der Waals surface area contributed by atoms with Crippen LogP contribution >= 0.6 is 0 Å². The second-order valence-electron chi connectivity index (χ2n) is 5.85. The summed E-state index contributed by atoms with van der Waals surface area (Å²) in [6.07, 6.45) is 3.88. The number of nitrogens with one attached hydrogen (secondary N) is 1. The largest absolute Gasteiger partial charge is 0.369 e. The van der Waals surface area contributed by atoms with Crippen LogP contribution in [-0.2, 0) is 0 Å². The molecular formula is C17H23FN6. The number of hydrogen-bond acceptors (Lipinski definition) is 6. The molecule has 1 aliphatic heterocycles. The van der Waals surface area contributed by atoms with Crippen molar-refractivity contribution < 1.29 is 4.39 Å². The summed E-state index contributed by atoms with van der Waals surface area (Å²) in [5.74, 6) is 1.21. The first kappa shape index (κ1) is 16.4. The average molecular weight is 330 g/mol. The molecule has 0 spiro atoms. The maximum absolute atomic E-state index is 13.9. The Hall–Kier alpha value is -2.44. The van der Waals surface area contributed by atoms with Crippen molar-refractivity contribution in [2.24, 2.45) is 0 Å². The molecule has 3 rings (SSSR count). The molecule has 128 valence electrons. The Balaban J connectivity index is 1.60. The van der Waals surface area contributed by atoms with E-state index in [0.29, 0.717) is 11.6 Å². The van der Waals surface area contributed by atoms with Crippen molar-refractivity contribution in [1.82, 2.24) is 15.2 Å². The molecule has 7 heteroatoms. The van der Waals surface area contributed by atoms with Crippen LogP contribution in [0.1, 0.15) is 19.8 Å². The Morgan fingerprint density at radius 2 is 1.88 bits per heavy atom. The molecule has 2 heterocycles. The van der Waals surface area contributed by atoms with Crippen LogP contribution in [0.4, 0.5) is 21.8 Å². The number of unbranched alkanes of at least 4 members (excludes halogenated alkanes) is 1. The quantitative estimate of drug-likeness (QED) is 0.822. The molecule has 1 saturated heterocycles. The van der Waals surface area contributed by atoms with Gasteiger partial charge in [0.1, 0.15) is 5.82 Å². The molecule has 24 heavy (non-hydrogen) atoms. The fourth-order valence-corrected chi connectivity index (χ4v) is 2.76. The number of rotatable bonds is 6. The van der Waals surface area contributed by atoms with Gasteiger partial charge in [0, 0.05) is 32.7 Å². The molecule has 0 atom stereocenters. The normalized spacial score (nSPS) is 14.8. The molecule has 2 aromatic rings. The van der Waals surface area contributed by atoms with Crippen LogP contribution in [-0.4, -0.2) is 47.9 Å². The number of nitrogens with zero attached hydrogens (tertiary/aromatic N) is 5. The summed E-state index contributed by atoms with van der Waals surface area (Å²) in [7, 11) is 0. The van der Waals surface area contributed by atoms with Gasteiger partial charge in [0.15, 0.2) is 5.82 Å². The van der Waals surface area contributed by atoms with E-state index in [9.17, 15) is 4.39 Å². The highest BCUT2D eigenvalue weighted by atomic mass is 19.1. The minimum absolute atomic E-state index is 0.175. The van der Waals surface area contributed by atoms with Crippen LogP contribution in [0.15, 0.2) is 30.5 Å². The third kappa shape index (κ3) is 3.90. The van der Waals surface area contributed by atoms with Gasteiger partial charge in [0.05, 0.1) is 11.9 Å². The average Bonchev–Trinajstić information content (AvgIpc) is 2.63. The molecule has 1 fully saturated rings. The Morgan fingerprint density at radius 3 is 2.62 bits per heavy atom. The van der Waals surface area contributed by atoms with E-state index >= 15 is 0 Å². The fraction of sp³-hybridized carbons (Fsp3) is 0.471. The first-order valence-corrected chi connectivity index (χ1v) is 8.46. The van der Waals surface area contributed by atoms with Crippen LogP contribution in [0.3, 0.4) is 0 Å². The number of halogens is 1. The molecule has 0 amide bonds. The van der Waals surface area contributed by atoms with E-state index in [-0.39, 0.29) is 5.82 Å². The smallest absolute Gasteiger partial charge is 0.247 e. The zero-order valence-electron chi connectivity index (χ0n) is 14.0. The number of para-hydroxylation sites is 1. The predicted molar refractivity (Wildman–Crippen MR) is 94.1 cm³/mol. The number of aromatic nitrogens is 3. The zero-order valence-corrected chi connectivity index (χ0v) is 14.0. The number of benzene rings is 1. The van der Waals surface area contributed by atoms with E-state index in [1.807, 2.05) is 12.1 Å². The lowest BCUT2D eigenvalue weighted by atomic mass is 10.2. The SMILES string of the molecule is CCCCNc1cnnc(N2CCN(c3ccccc3F)CC2)n1. The lowest BCUT2D eigenvalue weighted by Gasteiger charge is -2.36. The van der Waals surface area contributed by atoms with Crippen LogP contribution in [0.25, 0.3) is 0 Å². The zero-order chi connectivity index (χ0) is 16.8. The molecule has 0 bridgehead atoms. The van der Waals surface area contributed by atoms with Crippen molar-refractivity contribution >= 4 is 17.5 Å². The maximum atomic E-state index is 13.9. The van der Waals surface area contributed by atoms with Gasteiger partial charge >= 0.3 is 0 Å². The second-order valence-corrected chi connectivity index (χ2v) is 5.85. The third-order valence-corrected chi connectivity index (χ3v) is 4.14. The topological polar surface area (TPSA) is 57.2 Å². The van der Waals surface area contributed by atoms with Crippen molar-refractivity contribution in [3.05, 3.63) is 36.3 Å². The molecule has 0 aliphatic carbocycles. The first-order chi connectivity index (χ1) is 11.8. The van der Waals surface area contributed by atoms with Gasteiger partial charge < -0.3 is 15.1 Å². The van der Waals surface area contributed by atoms with Gasteiger partial charge in [-0.2, -0.15) is 10.1 Å². The molecule has 6 nitrogen and oxygen atoms in total. The summed E-state index contributed by atoms with van der Waals surface area (Å²) in [5.41, 5.74) is 0.658. The van der Waals surface area contributed by atoms with E-state index in [1.54, 1.807) is 12.3 Å². The van der Waals surface area contributed by atoms with E-state index in [1.165, 1.54) is 6.07 Å². The predicted octanol–water partition coefficient (Wildman–Crippen LogP) is 2.55. The van der Waals surface area contributed by atoms with E-state index in [4.69, 9.17) is 0 Å². The molecule has 1 aromatic carbocycles. The Morgan fingerprint density at radius 1 is 1.12 bits per heavy atom. The van der Waals surface area contributed by atoms with Gasteiger partial charge in [-0.1, -0.05) is 25.5 Å². The summed E-state index contributed by atoms with van der Waals surface area (Å²) < 4.78 is 13.9. The standard InChI is InChI=1S/C17H23FN6/c1-2-3-8-19-16-13-20-22-17(21-16)24-11-9-23(10-12-24)15-7-5-4-6-14(15)18/h4-7,13H,2-3,8-12H2,1H3,(H,19,21,22). The number of hydrogen-bond donors (Lipinski definition) is 1. The Labute approximate surface area is 141 Å². The summed E-state index contributed by atoms with van der Waals surface area (Å²) >= 11 is 0. The van der Waals surface area contributed by atoms with Crippen molar-refractivity contribution in [3.63, 3.8) is 0 Å². The highest BCUT2D eigenvalue weighted by Crippen LogP contribution is 2.21. The van der Waals surface area contributed by atoms with Gasteiger partial charge in [0.2, 0.25) is 5.95 Å². The number of anilines is 3. The van der Waals surface area contributed by atoms with Gasteiger partial charge in [-0.15, -0.1) is 5.10 Å². The van der Waals surface area contributed by atoms with Crippen molar-refractivity contribution in [2.75, 3.05) is 47.8 Å². The Bertz CT molecular complexity index is 657. The van der Waals surface area contributed by atoms with E-state index in [0.717, 1.165) is 51.4 Å². The molecule has 0 radical (unpaired) electrons. The van der Waals surface area contributed by atoms with Crippen molar-refractivity contribution in [1.29, 1.82) is 0 Å². The van der Waals surface area contributed by atoms with Gasteiger partial charge in [-0.3, -0.25) is 0 Å². The number of piperazine rings is 1. The van der Waals surface area contributed by atoms with Crippen molar-refractivity contribution in [2.45, 2.75) is 19.8 Å². The molecule has 1 aromatic heterocycles. The molecule has 1 aliphatic rings. The van der Waals surface area contributed by atoms with Crippen LogP contribution in [0.2, 0.25) is 0 Å². The maximum Gasteiger partial charge on any atom is 0.247 e. The second kappa shape index (κ2) is 7.90. The Kier molecular flexibility index (Phi) is 5.40. The summed E-state index contributed by atoms with van der Waals surface area (Å²) in [5, 5.41) is 11.4. The molecule has 0 unspecified atom stereocenters. The van der Waals surface area contributed by atoms with E-state index < -0.39 is 0 Å². The third-order valence-electron chi connectivity index (χ3n) is 4.14. The minimum atomic E-state index is -0.175. The monoisotopic (exact) mass is 330 g/mol. The summed E-state index contributed by atoms with van der Waals surface area (Å²) in [4.78, 5) is 8.68. The highest BCUT2D eigenvalue weighted by molar-refractivity contribution is 5.50. The van der Waals surface area contributed by atoms with Gasteiger partial charge in [0.25, 0.3) is 0 Å². The van der Waals surface area contributed by atoms with E-state index in [2.05, 4.69) is 37.2 Å². The fourth-order valence-electron chi connectivity index (χ4n) is 2.76. The van der Waals surface area contributed by atoms with Crippen molar-refractivity contribution in [3.8, 4) is 0 Å². The first-order valence-electron chi connectivity index (χ1n) is 8.46. The van der Waals surface area contributed by atoms with Crippen LogP contribution < -0.4 is 15.1 Å². The molecule has 0 saturated carbocycles. The lowest BCUT2D eigenvalue weighted by molar-refractivity contribution is 0.592.